The van der Waals surface area contributed by atoms with E-state index in [1.165, 1.54) is 8.61 Å². The van der Waals surface area contributed by atoms with Crippen LogP contribution in [0.25, 0.3) is 0 Å². The van der Waals surface area contributed by atoms with Crippen LogP contribution in [0.5, 0.6) is 0 Å². The summed E-state index contributed by atoms with van der Waals surface area (Å²) in [7, 11) is -7.34. The fourth-order valence-corrected chi connectivity index (χ4v) is 8.40. The highest BCUT2D eigenvalue weighted by molar-refractivity contribution is 9.11. The van der Waals surface area contributed by atoms with Crippen LogP contribution >= 0.6 is 27.3 Å². The van der Waals surface area contributed by atoms with Gasteiger partial charge in [0.05, 0.1) is 15.2 Å². The standard InChI is InChI=1S/C14H19BrN4O4S3/c1-10-14(11(2)17-16-10)26(22,23)19-7-3-6-18(8-9-19)25(20,21)13-5-4-12(15)24-13/h4-5H,3,6-9H2,1-2H3,(H,16,17). The van der Waals surface area contributed by atoms with Gasteiger partial charge in [0.1, 0.15) is 9.10 Å². The highest BCUT2D eigenvalue weighted by atomic mass is 79.9. The number of hydrogen-bond acceptors (Lipinski definition) is 6. The third-order valence-corrected chi connectivity index (χ3v) is 10.4. The molecule has 0 amide bonds. The highest BCUT2D eigenvalue weighted by Crippen LogP contribution is 2.29. The Balaban J connectivity index is 1.83. The molecule has 144 valence electrons. The van der Waals surface area contributed by atoms with Gasteiger partial charge in [-0.2, -0.15) is 13.7 Å². The molecule has 1 aliphatic heterocycles. The van der Waals surface area contributed by atoms with Crippen molar-refractivity contribution in [2.45, 2.75) is 29.4 Å². The summed E-state index contributed by atoms with van der Waals surface area (Å²) in [6.45, 7) is 4.08. The Morgan fingerprint density at radius 1 is 1.04 bits per heavy atom. The summed E-state index contributed by atoms with van der Waals surface area (Å²) in [6.07, 6.45) is 0.431. The molecule has 26 heavy (non-hydrogen) atoms. The number of H-pyrrole nitrogens is 1. The van der Waals surface area contributed by atoms with Crippen LogP contribution in [-0.2, 0) is 20.0 Å². The van der Waals surface area contributed by atoms with Crippen LogP contribution in [0.2, 0.25) is 0 Å². The molecule has 2 aromatic rings. The van der Waals surface area contributed by atoms with Crippen molar-refractivity contribution in [3.8, 4) is 0 Å². The Kier molecular flexibility index (Phi) is 5.62. The van der Waals surface area contributed by atoms with Gasteiger partial charge in [0, 0.05) is 26.2 Å². The molecule has 12 heteroatoms. The van der Waals surface area contributed by atoms with Crippen molar-refractivity contribution >= 4 is 47.3 Å². The van der Waals surface area contributed by atoms with Crippen LogP contribution in [0, 0.1) is 13.8 Å². The van der Waals surface area contributed by atoms with Crippen LogP contribution in [0.1, 0.15) is 17.8 Å². The number of hydrogen-bond donors (Lipinski definition) is 1. The number of nitrogens with zero attached hydrogens (tertiary/aromatic N) is 3. The van der Waals surface area contributed by atoms with E-state index in [2.05, 4.69) is 26.1 Å². The van der Waals surface area contributed by atoms with E-state index in [0.717, 1.165) is 15.1 Å². The smallest absolute Gasteiger partial charge is 0.252 e. The van der Waals surface area contributed by atoms with Gasteiger partial charge in [-0.25, -0.2) is 16.8 Å². The summed E-state index contributed by atoms with van der Waals surface area (Å²) in [5.41, 5.74) is 0.902. The summed E-state index contributed by atoms with van der Waals surface area (Å²) in [5, 5.41) is 6.65. The zero-order valence-electron chi connectivity index (χ0n) is 14.3. The highest BCUT2D eigenvalue weighted by Gasteiger charge is 2.34. The quantitative estimate of drug-likeness (QED) is 0.716. The van der Waals surface area contributed by atoms with Gasteiger partial charge in [-0.05, 0) is 48.3 Å². The average molecular weight is 483 g/mol. The molecule has 0 bridgehead atoms. The molecule has 8 nitrogen and oxygen atoms in total. The van der Waals surface area contributed by atoms with E-state index < -0.39 is 20.0 Å². The number of sulfonamides is 2. The van der Waals surface area contributed by atoms with E-state index in [1.54, 1.807) is 26.0 Å². The van der Waals surface area contributed by atoms with Crippen molar-refractivity contribution < 1.29 is 16.8 Å². The molecule has 0 saturated carbocycles. The number of aryl methyl sites for hydroxylation is 2. The molecule has 1 saturated heterocycles. The summed E-state index contributed by atoms with van der Waals surface area (Å²) in [6, 6.07) is 3.25. The molecule has 0 spiro atoms. The summed E-state index contributed by atoms with van der Waals surface area (Å²) in [5.74, 6) is 0. The molecule has 1 fully saturated rings. The van der Waals surface area contributed by atoms with Crippen molar-refractivity contribution in [2.75, 3.05) is 26.2 Å². The topological polar surface area (TPSA) is 103 Å². The Morgan fingerprint density at radius 3 is 2.15 bits per heavy atom. The average Bonchev–Trinajstić information content (AvgIpc) is 3.04. The first-order valence-electron chi connectivity index (χ1n) is 7.91. The van der Waals surface area contributed by atoms with Crippen LogP contribution in [0.4, 0.5) is 0 Å². The van der Waals surface area contributed by atoms with E-state index in [-0.39, 0.29) is 35.3 Å². The molecule has 1 N–H and O–H groups in total. The number of halogens is 1. The molecule has 2 aromatic heterocycles. The number of aromatic amines is 1. The van der Waals surface area contributed by atoms with Crippen molar-refractivity contribution in [3.05, 3.63) is 27.3 Å². The Hall–Kier alpha value is -0.790. The minimum absolute atomic E-state index is 0.109. The van der Waals surface area contributed by atoms with Gasteiger partial charge in [-0.15, -0.1) is 11.3 Å². The third-order valence-electron chi connectivity index (χ3n) is 4.21. The van der Waals surface area contributed by atoms with Gasteiger partial charge in [-0.1, -0.05) is 0 Å². The normalized spacial score (nSPS) is 18.1. The largest absolute Gasteiger partial charge is 0.281 e. The van der Waals surface area contributed by atoms with Gasteiger partial charge in [0.2, 0.25) is 10.0 Å². The Labute approximate surface area is 165 Å². The summed E-state index contributed by atoms with van der Waals surface area (Å²) in [4.78, 5) is 0.177. The molecular weight excluding hydrogens is 464 g/mol. The monoisotopic (exact) mass is 482 g/mol. The van der Waals surface area contributed by atoms with E-state index in [1.807, 2.05) is 0 Å². The van der Waals surface area contributed by atoms with Gasteiger partial charge in [0.25, 0.3) is 10.0 Å². The minimum Gasteiger partial charge on any atom is -0.281 e. The molecule has 0 aromatic carbocycles. The molecular formula is C14H19BrN4O4S3. The maximum Gasteiger partial charge on any atom is 0.252 e. The molecule has 0 atom stereocenters. The fraction of sp³-hybridized carbons (Fsp3) is 0.500. The molecule has 3 heterocycles. The van der Waals surface area contributed by atoms with E-state index in [4.69, 9.17) is 0 Å². The molecule has 0 radical (unpaired) electrons. The second kappa shape index (κ2) is 7.32. The third kappa shape index (κ3) is 3.62. The first-order valence-corrected chi connectivity index (χ1v) is 12.4. The lowest BCUT2D eigenvalue weighted by atomic mass is 10.4. The second-order valence-electron chi connectivity index (χ2n) is 5.98. The summed E-state index contributed by atoms with van der Waals surface area (Å²) < 4.78 is 55.2. The first kappa shape index (κ1) is 20.0. The first-order chi connectivity index (χ1) is 12.1. The van der Waals surface area contributed by atoms with E-state index >= 15 is 0 Å². The van der Waals surface area contributed by atoms with Crippen LogP contribution in [-0.4, -0.2) is 61.8 Å². The maximum atomic E-state index is 13.0. The number of thiophene rings is 1. The van der Waals surface area contributed by atoms with Gasteiger partial charge < -0.3 is 0 Å². The molecule has 1 aliphatic rings. The lowest BCUT2D eigenvalue weighted by Gasteiger charge is -2.21. The SMILES string of the molecule is Cc1n[nH]c(C)c1S(=O)(=O)N1CCCN(S(=O)(=O)c2ccc(Br)s2)CC1. The van der Waals surface area contributed by atoms with Crippen molar-refractivity contribution in [1.82, 2.24) is 18.8 Å². The molecule has 0 aliphatic carbocycles. The van der Waals surface area contributed by atoms with Crippen molar-refractivity contribution in [3.63, 3.8) is 0 Å². The number of aromatic nitrogens is 2. The molecule has 3 rings (SSSR count). The maximum absolute atomic E-state index is 13.0. The lowest BCUT2D eigenvalue weighted by molar-refractivity contribution is 0.405. The van der Waals surface area contributed by atoms with Crippen LogP contribution in [0.15, 0.2) is 25.0 Å². The van der Waals surface area contributed by atoms with Gasteiger partial charge in [0.15, 0.2) is 0 Å². The van der Waals surface area contributed by atoms with Crippen molar-refractivity contribution in [1.29, 1.82) is 0 Å². The minimum atomic E-state index is -3.72. The zero-order chi connectivity index (χ0) is 19.1. The van der Waals surface area contributed by atoms with Gasteiger partial charge in [-0.3, -0.25) is 5.10 Å². The Morgan fingerprint density at radius 2 is 1.65 bits per heavy atom. The predicted molar refractivity (Wildman–Crippen MR) is 102 cm³/mol. The van der Waals surface area contributed by atoms with E-state index in [9.17, 15) is 16.8 Å². The fourth-order valence-electron chi connectivity index (χ4n) is 2.96. The lowest BCUT2D eigenvalue weighted by Crippen LogP contribution is -2.37. The van der Waals surface area contributed by atoms with Crippen LogP contribution in [0.3, 0.4) is 0 Å². The van der Waals surface area contributed by atoms with Crippen molar-refractivity contribution in [2.24, 2.45) is 0 Å². The van der Waals surface area contributed by atoms with Crippen LogP contribution < -0.4 is 0 Å². The van der Waals surface area contributed by atoms with E-state index in [0.29, 0.717) is 17.8 Å². The second-order valence-corrected chi connectivity index (χ2v) is 12.5. The number of rotatable bonds is 4. The Bertz CT molecular complexity index is 993. The summed E-state index contributed by atoms with van der Waals surface area (Å²) >= 11 is 4.42. The number of nitrogens with one attached hydrogen (secondary N) is 1. The predicted octanol–water partition coefficient (Wildman–Crippen LogP) is 1.94. The zero-order valence-corrected chi connectivity index (χ0v) is 18.3. The molecule has 0 unspecified atom stereocenters. The van der Waals surface area contributed by atoms with Gasteiger partial charge >= 0.3 is 0 Å².